The molecule has 1 aliphatic rings. The van der Waals surface area contributed by atoms with E-state index in [1.165, 1.54) is 18.6 Å². The molecule has 8 nitrogen and oxygen atoms in total. The molecule has 1 saturated heterocycles. The van der Waals surface area contributed by atoms with Gasteiger partial charge in [-0.25, -0.2) is 4.98 Å². The van der Waals surface area contributed by atoms with Gasteiger partial charge in [0.1, 0.15) is 5.69 Å². The number of rotatable bonds is 9. The molecule has 0 bridgehead atoms. The predicted octanol–water partition coefficient (Wildman–Crippen LogP) is 0.958. The number of carbonyl (C=O) groups is 2. The second-order valence-corrected chi connectivity index (χ2v) is 6.85. The van der Waals surface area contributed by atoms with Crippen LogP contribution in [0, 0.1) is 0 Å². The summed E-state index contributed by atoms with van der Waals surface area (Å²) in [5, 5.41) is 2.91. The number of carbonyl (C=O) groups excluding carboxylic acids is 2. The van der Waals surface area contributed by atoms with Crippen molar-refractivity contribution >= 4 is 11.8 Å². The molecule has 1 aromatic heterocycles. The zero-order valence-corrected chi connectivity index (χ0v) is 16.5. The van der Waals surface area contributed by atoms with Crippen LogP contribution in [0.3, 0.4) is 0 Å². The molecule has 1 N–H and O–H groups in total. The Morgan fingerprint density at radius 1 is 1.10 bits per heavy atom. The number of morpholine rings is 1. The topological polar surface area (TPSA) is 87.7 Å². The monoisotopic (exact) mass is 397 g/mol. The van der Waals surface area contributed by atoms with Crippen molar-refractivity contribution in [3.63, 3.8) is 0 Å². The molecule has 0 atom stereocenters. The molecule has 2 aromatic rings. The van der Waals surface area contributed by atoms with E-state index >= 15 is 0 Å². The fraction of sp³-hybridized carbons (Fsp3) is 0.429. The molecule has 3 rings (SSSR count). The number of hydrogen-bond acceptors (Lipinski definition) is 6. The van der Waals surface area contributed by atoms with Gasteiger partial charge in [-0.3, -0.25) is 19.5 Å². The summed E-state index contributed by atoms with van der Waals surface area (Å²) in [5.74, 6) is -0.292. The Morgan fingerprint density at radius 3 is 2.62 bits per heavy atom. The third-order valence-electron chi connectivity index (χ3n) is 4.80. The third-order valence-corrected chi connectivity index (χ3v) is 4.80. The number of aromatic nitrogens is 2. The van der Waals surface area contributed by atoms with Crippen LogP contribution in [0.4, 0.5) is 0 Å². The average molecular weight is 397 g/mol. The first-order chi connectivity index (χ1) is 14.2. The average Bonchev–Trinajstić information content (AvgIpc) is 2.79. The SMILES string of the molecule is O=C(CCN(CCN1CCOCC1)C(=O)c1cnccn1)NCc1ccccc1. The lowest BCUT2D eigenvalue weighted by atomic mass is 10.2. The molecule has 1 aliphatic heterocycles. The molecule has 0 radical (unpaired) electrons. The molecule has 0 spiro atoms. The van der Waals surface area contributed by atoms with Crippen LogP contribution >= 0.6 is 0 Å². The highest BCUT2D eigenvalue weighted by molar-refractivity contribution is 5.92. The molecular formula is C21H27N5O3. The van der Waals surface area contributed by atoms with Crippen LogP contribution in [0.1, 0.15) is 22.5 Å². The van der Waals surface area contributed by atoms with Gasteiger partial charge in [0.2, 0.25) is 5.91 Å². The minimum absolute atomic E-state index is 0.0860. The molecule has 8 heteroatoms. The van der Waals surface area contributed by atoms with Gasteiger partial charge in [0, 0.05) is 58.1 Å². The standard InChI is InChI=1S/C21H27N5O3/c27-20(24-16-18-4-2-1-3-5-18)6-9-26(11-10-25-12-14-29-15-13-25)21(28)19-17-22-7-8-23-19/h1-5,7-8,17H,6,9-16H2,(H,24,27). The minimum Gasteiger partial charge on any atom is -0.379 e. The van der Waals surface area contributed by atoms with Crippen LogP contribution in [0.15, 0.2) is 48.9 Å². The minimum atomic E-state index is -0.206. The third kappa shape index (κ3) is 6.92. The number of nitrogens with zero attached hydrogens (tertiary/aromatic N) is 4. The van der Waals surface area contributed by atoms with E-state index in [9.17, 15) is 9.59 Å². The van der Waals surface area contributed by atoms with Gasteiger partial charge in [0.15, 0.2) is 0 Å². The maximum Gasteiger partial charge on any atom is 0.274 e. The molecule has 0 unspecified atom stereocenters. The number of benzene rings is 1. The van der Waals surface area contributed by atoms with E-state index in [2.05, 4.69) is 20.2 Å². The highest BCUT2D eigenvalue weighted by Gasteiger charge is 2.20. The van der Waals surface area contributed by atoms with Crippen molar-refractivity contribution in [2.75, 3.05) is 45.9 Å². The zero-order valence-electron chi connectivity index (χ0n) is 16.5. The van der Waals surface area contributed by atoms with Crippen molar-refractivity contribution in [1.82, 2.24) is 25.1 Å². The van der Waals surface area contributed by atoms with Gasteiger partial charge in [0.05, 0.1) is 19.4 Å². The zero-order chi connectivity index (χ0) is 20.3. The summed E-state index contributed by atoms with van der Waals surface area (Å²) in [6.07, 6.45) is 4.73. The van der Waals surface area contributed by atoms with Gasteiger partial charge >= 0.3 is 0 Å². The van der Waals surface area contributed by atoms with Crippen LogP contribution in [-0.2, 0) is 16.1 Å². The summed E-state index contributed by atoms with van der Waals surface area (Å²) in [7, 11) is 0. The Hall–Kier alpha value is -2.84. The van der Waals surface area contributed by atoms with E-state index in [1.54, 1.807) is 4.90 Å². The van der Waals surface area contributed by atoms with Crippen molar-refractivity contribution in [2.45, 2.75) is 13.0 Å². The van der Waals surface area contributed by atoms with E-state index in [-0.39, 0.29) is 18.2 Å². The number of amides is 2. The molecule has 154 valence electrons. The molecule has 1 fully saturated rings. The summed E-state index contributed by atoms with van der Waals surface area (Å²) in [5.41, 5.74) is 1.33. The van der Waals surface area contributed by atoms with Crippen LogP contribution < -0.4 is 5.32 Å². The molecular weight excluding hydrogens is 370 g/mol. The van der Waals surface area contributed by atoms with Crippen molar-refractivity contribution < 1.29 is 14.3 Å². The molecule has 0 aliphatic carbocycles. The van der Waals surface area contributed by atoms with E-state index < -0.39 is 0 Å². The van der Waals surface area contributed by atoms with E-state index in [1.807, 2.05) is 30.3 Å². The molecule has 2 amide bonds. The molecule has 0 saturated carbocycles. The Labute approximate surface area is 170 Å². The van der Waals surface area contributed by atoms with Gasteiger partial charge in [-0.05, 0) is 5.56 Å². The van der Waals surface area contributed by atoms with Gasteiger partial charge in [-0.2, -0.15) is 0 Å². The Balaban J connectivity index is 1.53. The van der Waals surface area contributed by atoms with Gasteiger partial charge in [-0.1, -0.05) is 30.3 Å². The van der Waals surface area contributed by atoms with Crippen molar-refractivity contribution in [1.29, 1.82) is 0 Å². The van der Waals surface area contributed by atoms with Crippen molar-refractivity contribution in [3.8, 4) is 0 Å². The largest absolute Gasteiger partial charge is 0.379 e. The summed E-state index contributed by atoms with van der Waals surface area (Å²) in [6, 6.07) is 9.75. The number of hydrogen-bond donors (Lipinski definition) is 1. The first kappa shape index (κ1) is 20.9. The highest BCUT2D eigenvalue weighted by atomic mass is 16.5. The lowest BCUT2D eigenvalue weighted by Gasteiger charge is -2.30. The van der Waals surface area contributed by atoms with Crippen LogP contribution in [0.5, 0.6) is 0 Å². The van der Waals surface area contributed by atoms with Crippen LogP contribution in [0.2, 0.25) is 0 Å². The Morgan fingerprint density at radius 2 is 1.90 bits per heavy atom. The summed E-state index contributed by atoms with van der Waals surface area (Å²) in [6.45, 7) is 5.20. The highest BCUT2D eigenvalue weighted by Crippen LogP contribution is 2.05. The normalized spacial score (nSPS) is 14.3. The van der Waals surface area contributed by atoms with Crippen molar-refractivity contribution in [3.05, 3.63) is 60.2 Å². The number of nitrogens with one attached hydrogen (secondary N) is 1. The molecule has 1 aromatic carbocycles. The van der Waals surface area contributed by atoms with E-state index in [4.69, 9.17) is 4.74 Å². The van der Waals surface area contributed by atoms with E-state index in [0.29, 0.717) is 38.5 Å². The first-order valence-corrected chi connectivity index (χ1v) is 9.88. The van der Waals surface area contributed by atoms with Crippen LogP contribution in [0.25, 0.3) is 0 Å². The fourth-order valence-corrected chi connectivity index (χ4v) is 3.09. The summed E-state index contributed by atoms with van der Waals surface area (Å²) >= 11 is 0. The first-order valence-electron chi connectivity index (χ1n) is 9.88. The lowest BCUT2D eigenvalue weighted by molar-refractivity contribution is -0.121. The second kappa shape index (κ2) is 11.2. The fourth-order valence-electron chi connectivity index (χ4n) is 3.09. The Bertz CT molecular complexity index is 766. The lowest BCUT2D eigenvalue weighted by Crippen LogP contribution is -2.44. The maximum absolute atomic E-state index is 12.9. The quantitative estimate of drug-likeness (QED) is 0.678. The molecule has 2 heterocycles. The van der Waals surface area contributed by atoms with Crippen molar-refractivity contribution in [2.24, 2.45) is 0 Å². The maximum atomic E-state index is 12.9. The Kier molecular flexibility index (Phi) is 8.09. The summed E-state index contributed by atoms with van der Waals surface area (Å²) < 4.78 is 5.37. The second-order valence-electron chi connectivity index (χ2n) is 6.85. The van der Waals surface area contributed by atoms with Crippen LogP contribution in [-0.4, -0.2) is 77.5 Å². The smallest absolute Gasteiger partial charge is 0.274 e. The van der Waals surface area contributed by atoms with Gasteiger partial charge in [-0.15, -0.1) is 0 Å². The van der Waals surface area contributed by atoms with E-state index in [0.717, 1.165) is 25.2 Å². The summed E-state index contributed by atoms with van der Waals surface area (Å²) in [4.78, 5) is 37.2. The van der Waals surface area contributed by atoms with Gasteiger partial charge in [0.25, 0.3) is 5.91 Å². The number of ether oxygens (including phenoxy) is 1. The molecule has 29 heavy (non-hydrogen) atoms. The predicted molar refractivity (Wildman–Crippen MR) is 108 cm³/mol. The van der Waals surface area contributed by atoms with Gasteiger partial charge < -0.3 is 15.0 Å².